The number of likely N-dealkylation sites (tertiary alicyclic amines) is 1. The minimum absolute atomic E-state index is 0. The van der Waals surface area contributed by atoms with Crippen molar-refractivity contribution in [1.82, 2.24) is 15.1 Å². The predicted molar refractivity (Wildman–Crippen MR) is 120 cm³/mol. The predicted octanol–water partition coefficient (Wildman–Crippen LogP) is 3.36. The van der Waals surface area contributed by atoms with Crippen LogP contribution in [0, 0.1) is 5.41 Å². The molecule has 2 atom stereocenters. The highest BCUT2D eigenvalue weighted by Crippen LogP contribution is 2.38. The molecule has 0 radical (unpaired) electrons. The lowest BCUT2D eigenvalue weighted by Gasteiger charge is -2.28. The maximum atomic E-state index is 5.71. The number of guanidine groups is 1. The number of furan rings is 1. The third kappa shape index (κ3) is 5.38. The Balaban J connectivity index is 0.00000261. The summed E-state index contributed by atoms with van der Waals surface area (Å²) in [5.41, 5.74) is 0.343. The second kappa shape index (κ2) is 10.7. The third-order valence-corrected chi connectivity index (χ3v) is 5.80. The van der Waals surface area contributed by atoms with Gasteiger partial charge in [0.05, 0.1) is 25.5 Å². The Bertz CT molecular complexity index is 569. The van der Waals surface area contributed by atoms with Crippen LogP contribution in [0.1, 0.15) is 45.4 Å². The number of hydrogen-bond donors (Lipinski definition) is 1. The van der Waals surface area contributed by atoms with Gasteiger partial charge >= 0.3 is 0 Å². The standard InChI is InChI=1S/C20H34N4O2.HI/c1-4-21-19(24-11-9-20(15-24)10-13-25-16-20)22-14-17(23(5-2)6-3)18-8-7-12-26-18;/h7-8,12,17H,4-6,9-11,13-16H2,1-3H3,(H,21,22);1H. The molecule has 1 spiro atoms. The molecule has 0 aliphatic carbocycles. The van der Waals surface area contributed by atoms with Crippen LogP contribution in [-0.2, 0) is 4.74 Å². The van der Waals surface area contributed by atoms with Crippen LogP contribution in [0.5, 0.6) is 0 Å². The maximum absolute atomic E-state index is 5.71. The lowest BCUT2D eigenvalue weighted by molar-refractivity contribution is 0.156. The van der Waals surface area contributed by atoms with E-state index in [0.717, 1.165) is 57.7 Å². The molecule has 2 fully saturated rings. The number of nitrogens with zero attached hydrogens (tertiary/aromatic N) is 3. The smallest absolute Gasteiger partial charge is 0.194 e. The summed E-state index contributed by atoms with van der Waals surface area (Å²) in [6.07, 6.45) is 4.14. The van der Waals surface area contributed by atoms with Crippen molar-refractivity contribution in [3.05, 3.63) is 24.2 Å². The molecule has 27 heavy (non-hydrogen) atoms. The highest BCUT2D eigenvalue weighted by atomic mass is 127. The fraction of sp³-hybridized carbons (Fsp3) is 0.750. The molecule has 3 rings (SSSR count). The largest absolute Gasteiger partial charge is 0.468 e. The number of aliphatic imine (C=N–C) groups is 1. The van der Waals surface area contributed by atoms with Crippen molar-refractivity contribution in [2.24, 2.45) is 10.4 Å². The molecule has 1 aromatic rings. The topological polar surface area (TPSA) is 53.2 Å². The Labute approximate surface area is 180 Å². The summed E-state index contributed by atoms with van der Waals surface area (Å²) in [6.45, 7) is 14.0. The van der Waals surface area contributed by atoms with Gasteiger partial charge < -0.3 is 19.4 Å². The van der Waals surface area contributed by atoms with Crippen LogP contribution < -0.4 is 5.32 Å². The Kier molecular flexibility index (Phi) is 8.88. The first-order valence-electron chi connectivity index (χ1n) is 10.1. The monoisotopic (exact) mass is 490 g/mol. The van der Waals surface area contributed by atoms with E-state index in [4.69, 9.17) is 14.1 Å². The molecule has 0 saturated carbocycles. The minimum Gasteiger partial charge on any atom is -0.468 e. The molecule has 154 valence electrons. The first-order chi connectivity index (χ1) is 12.7. The summed E-state index contributed by atoms with van der Waals surface area (Å²) in [4.78, 5) is 9.83. The lowest BCUT2D eigenvalue weighted by atomic mass is 9.87. The van der Waals surface area contributed by atoms with E-state index >= 15 is 0 Å². The molecule has 2 aliphatic rings. The van der Waals surface area contributed by atoms with Crippen LogP contribution in [0.3, 0.4) is 0 Å². The second-order valence-corrected chi connectivity index (χ2v) is 7.42. The van der Waals surface area contributed by atoms with Gasteiger partial charge in [-0.2, -0.15) is 0 Å². The molecule has 2 unspecified atom stereocenters. The molecule has 3 heterocycles. The highest BCUT2D eigenvalue weighted by molar-refractivity contribution is 14.0. The van der Waals surface area contributed by atoms with Gasteiger partial charge in [0.25, 0.3) is 0 Å². The van der Waals surface area contributed by atoms with E-state index in [1.807, 2.05) is 6.07 Å². The van der Waals surface area contributed by atoms with Crippen LogP contribution >= 0.6 is 24.0 Å². The number of likely N-dealkylation sites (N-methyl/N-ethyl adjacent to an activating group) is 1. The van der Waals surface area contributed by atoms with Crippen molar-refractivity contribution in [3.63, 3.8) is 0 Å². The van der Waals surface area contributed by atoms with Crippen LogP contribution in [-0.4, -0.2) is 68.2 Å². The zero-order valence-corrected chi connectivity index (χ0v) is 19.3. The van der Waals surface area contributed by atoms with Crippen molar-refractivity contribution in [1.29, 1.82) is 0 Å². The molecule has 1 N–H and O–H groups in total. The van der Waals surface area contributed by atoms with E-state index in [2.05, 4.69) is 42.0 Å². The molecular weight excluding hydrogens is 455 g/mol. The number of hydrogen-bond acceptors (Lipinski definition) is 4. The van der Waals surface area contributed by atoms with Crippen LogP contribution in [0.4, 0.5) is 0 Å². The first kappa shape index (κ1) is 22.5. The minimum atomic E-state index is 0. The van der Waals surface area contributed by atoms with Crippen LogP contribution in [0.15, 0.2) is 27.8 Å². The second-order valence-electron chi connectivity index (χ2n) is 7.42. The summed E-state index contributed by atoms with van der Waals surface area (Å²) in [6, 6.07) is 4.21. The number of halogens is 1. The number of nitrogens with one attached hydrogen (secondary N) is 1. The first-order valence-corrected chi connectivity index (χ1v) is 10.1. The Morgan fingerprint density at radius 3 is 2.74 bits per heavy atom. The van der Waals surface area contributed by atoms with E-state index in [1.165, 1.54) is 12.8 Å². The molecule has 2 aliphatic heterocycles. The van der Waals surface area contributed by atoms with Crippen LogP contribution in [0.25, 0.3) is 0 Å². The molecule has 0 amide bonds. The van der Waals surface area contributed by atoms with Gasteiger partial charge in [-0.05, 0) is 45.0 Å². The van der Waals surface area contributed by atoms with Gasteiger partial charge in [-0.1, -0.05) is 13.8 Å². The van der Waals surface area contributed by atoms with Crippen molar-refractivity contribution < 1.29 is 9.15 Å². The molecular formula is C20H35IN4O2. The lowest BCUT2D eigenvalue weighted by Crippen LogP contribution is -2.42. The van der Waals surface area contributed by atoms with Crippen molar-refractivity contribution in [2.45, 2.75) is 39.7 Å². The summed E-state index contributed by atoms with van der Waals surface area (Å²) in [5, 5.41) is 3.49. The van der Waals surface area contributed by atoms with Crippen LogP contribution in [0.2, 0.25) is 0 Å². The zero-order valence-electron chi connectivity index (χ0n) is 16.9. The Hall–Kier alpha value is -0.800. The highest BCUT2D eigenvalue weighted by Gasteiger charge is 2.42. The van der Waals surface area contributed by atoms with E-state index in [9.17, 15) is 0 Å². The van der Waals surface area contributed by atoms with Gasteiger partial charge in [0.1, 0.15) is 5.76 Å². The molecule has 0 aromatic carbocycles. The van der Waals surface area contributed by atoms with Gasteiger partial charge in [-0.25, -0.2) is 0 Å². The normalized spacial score (nSPS) is 23.9. The van der Waals surface area contributed by atoms with E-state index in [1.54, 1.807) is 6.26 Å². The maximum Gasteiger partial charge on any atom is 0.194 e. The van der Waals surface area contributed by atoms with Crippen molar-refractivity contribution in [2.75, 3.05) is 52.5 Å². The van der Waals surface area contributed by atoms with Crippen molar-refractivity contribution in [3.8, 4) is 0 Å². The van der Waals surface area contributed by atoms with Gasteiger partial charge in [0.15, 0.2) is 5.96 Å². The fourth-order valence-electron chi connectivity index (χ4n) is 4.22. The average Bonchev–Trinajstić information content (AvgIpc) is 3.41. The SMILES string of the molecule is CCNC(=NCC(c1ccco1)N(CC)CC)N1CCC2(CCOC2)C1.I. The van der Waals surface area contributed by atoms with Gasteiger partial charge in [0.2, 0.25) is 0 Å². The average molecular weight is 490 g/mol. The van der Waals surface area contributed by atoms with Gasteiger partial charge in [0, 0.05) is 31.7 Å². The Morgan fingerprint density at radius 2 is 2.15 bits per heavy atom. The summed E-state index contributed by atoms with van der Waals surface area (Å²) in [5.74, 6) is 2.02. The summed E-state index contributed by atoms with van der Waals surface area (Å²) < 4.78 is 11.4. The fourth-order valence-corrected chi connectivity index (χ4v) is 4.22. The zero-order chi connectivity index (χ0) is 18.4. The number of ether oxygens (including phenoxy) is 1. The van der Waals surface area contributed by atoms with Crippen molar-refractivity contribution >= 4 is 29.9 Å². The molecule has 7 heteroatoms. The Morgan fingerprint density at radius 1 is 1.33 bits per heavy atom. The number of rotatable bonds is 7. The van der Waals surface area contributed by atoms with E-state index in [0.29, 0.717) is 12.0 Å². The molecule has 6 nitrogen and oxygen atoms in total. The van der Waals surface area contributed by atoms with Gasteiger partial charge in [-0.15, -0.1) is 24.0 Å². The third-order valence-electron chi connectivity index (χ3n) is 5.80. The molecule has 2 saturated heterocycles. The summed E-state index contributed by atoms with van der Waals surface area (Å²) in [7, 11) is 0. The quantitative estimate of drug-likeness (QED) is 0.361. The molecule has 0 bridgehead atoms. The summed E-state index contributed by atoms with van der Waals surface area (Å²) >= 11 is 0. The van der Waals surface area contributed by atoms with E-state index in [-0.39, 0.29) is 30.0 Å². The molecule has 1 aromatic heterocycles. The van der Waals surface area contributed by atoms with E-state index < -0.39 is 0 Å². The van der Waals surface area contributed by atoms with Gasteiger partial charge in [-0.3, -0.25) is 9.89 Å².